The van der Waals surface area contributed by atoms with Crippen LogP contribution in [0.4, 0.5) is 0 Å². The lowest BCUT2D eigenvalue weighted by molar-refractivity contribution is -0.124. The smallest absolute Gasteiger partial charge is 0.258 e. The van der Waals surface area contributed by atoms with Crippen molar-refractivity contribution < 1.29 is 14.3 Å². The average molecular weight is 266 g/mol. The molecule has 5 heteroatoms. The molecule has 19 heavy (non-hydrogen) atoms. The molecule has 1 rings (SSSR count). The highest BCUT2D eigenvalue weighted by Gasteiger charge is 2.17. The number of hydrogen-bond donors (Lipinski definition) is 2. The van der Waals surface area contributed by atoms with Gasteiger partial charge in [0.15, 0.2) is 17.6 Å². The quantitative estimate of drug-likeness (QED) is 0.747. The third-order valence-electron chi connectivity index (χ3n) is 2.76. The number of ether oxygens (including phenoxy) is 2. The second-order valence-corrected chi connectivity index (χ2v) is 4.18. The monoisotopic (exact) mass is 266 g/mol. The van der Waals surface area contributed by atoms with Crippen molar-refractivity contribution in [2.24, 2.45) is 5.73 Å². The van der Waals surface area contributed by atoms with Crippen LogP contribution in [0, 0.1) is 0 Å². The van der Waals surface area contributed by atoms with Gasteiger partial charge in [0, 0.05) is 6.54 Å². The fourth-order valence-electron chi connectivity index (χ4n) is 1.69. The summed E-state index contributed by atoms with van der Waals surface area (Å²) in [6.07, 6.45) is -0.112. The lowest BCUT2D eigenvalue weighted by Gasteiger charge is -2.17. The van der Waals surface area contributed by atoms with Crippen LogP contribution in [0.5, 0.6) is 11.5 Å². The first-order valence-electron chi connectivity index (χ1n) is 6.45. The molecule has 1 unspecified atom stereocenters. The number of carbonyl (C=O) groups excluding carboxylic acids is 1. The first kappa shape index (κ1) is 15.3. The summed E-state index contributed by atoms with van der Waals surface area (Å²) in [5, 5.41) is 3.23. The highest BCUT2D eigenvalue weighted by molar-refractivity contribution is 5.79. The van der Waals surface area contributed by atoms with Gasteiger partial charge in [-0.05, 0) is 30.7 Å². The van der Waals surface area contributed by atoms with Gasteiger partial charge in [0.2, 0.25) is 0 Å². The summed E-state index contributed by atoms with van der Waals surface area (Å²) in [4.78, 5) is 11.2. The van der Waals surface area contributed by atoms with E-state index in [0.29, 0.717) is 17.9 Å². The Kier molecular flexibility index (Phi) is 6.15. The predicted molar refractivity (Wildman–Crippen MR) is 74.3 cm³/mol. The molecule has 0 radical (unpaired) electrons. The predicted octanol–water partition coefficient (Wildman–Crippen LogP) is 1.45. The van der Waals surface area contributed by atoms with Crippen molar-refractivity contribution in [1.29, 1.82) is 0 Å². The van der Waals surface area contributed by atoms with Crippen molar-refractivity contribution in [2.45, 2.75) is 32.9 Å². The zero-order valence-electron chi connectivity index (χ0n) is 11.7. The van der Waals surface area contributed by atoms with Crippen LogP contribution >= 0.6 is 0 Å². The van der Waals surface area contributed by atoms with Gasteiger partial charge >= 0.3 is 0 Å². The third-order valence-corrected chi connectivity index (χ3v) is 2.76. The maximum Gasteiger partial charge on any atom is 0.258 e. The minimum atomic E-state index is -0.636. The molecule has 0 fully saturated rings. The number of methoxy groups -OCH3 is 1. The lowest BCUT2D eigenvalue weighted by Crippen LogP contribution is -2.33. The van der Waals surface area contributed by atoms with Crippen LogP contribution in [0.1, 0.15) is 25.8 Å². The molecule has 0 saturated carbocycles. The molecule has 106 valence electrons. The van der Waals surface area contributed by atoms with Crippen LogP contribution in [0.3, 0.4) is 0 Å². The van der Waals surface area contributed by atoms with Gasteiger partial charge in [-0.25, -0.2) is 0 Å². The molecule has 0 spiro atoms. The fraction of sp³-hybridized carbons (Fsp3) is 0.500. The summed E-state index contributed by atoms with van der Waals surface area (Å²) in [5.74, 6) is 0.671. The third kappa shape index (κ3) is 4.44. The van der Waals surface area contributed by atoms with E-state index in [1.54, 1.807) is 7.11 Å². The topological polar surface area (TPSA) is 73.6 Å². The molecule has 0 aliphatic rings. The molecular weight excluding hydrogens is 244 g/mol. The first-order valence-corrected chi connectivity index (χ1v) is 6.45. The largest absolute Gasteiger partial charge is 0.493 e. The molecule has 1 atom stereocenters. The number of carbonyl (C=O) groups is 1. The number of rotatable bonds is 8. The zero-order valence-corrected chi connectivity index (χ0v) is 11.7. The fourth-order valence-corrected chi connectivity index (χ4v) is 1.69. The Balaban J connectivity index is 2.91. The molecule has 0 heterocycles. The van der Waals surface area contributed by atoms with Crippen molar-refractivity contribution in [3.8, 4) is 11.5 Å². The number of primary amides is 1. The molecule has 1 aromatic rings. The molecular formula is C14H22N2O3. The Morgan fingerprint density at radius 3 is 2.63 bits per heavy atom. The molecule has 0 aliphatic carbocycles. The Labute approximate surface area is 114 Å². The van der Waals surface area contributed by atoms with Crippen LogP contribution in [-0.4, -0.2) is 25.7 Å². The minimum Gasteiger partial charge on any atom is -0.493 e. The maximum absolute atomic E-state index is 11.2. The number of amides is 1. The first-order chi connectivity index (χ1) is 9.12. The van der Waals surface area contributed by atoms with Crippen LogP contribution in [0.25, 0.3) is 0 Å². The Hall–Kier alpha value is -1.75. The summed E-state index contributed by atoms with van der Waals surface area (Å²) in [6, 6.07) is 5.66. The highest BCUT2D eigenvalue weighted by atomic mass is 16.5. The molecule has 0 bridgehead atoms. The van der Waals surface area contributed by atoms with Crippen molar-refractivity contribution in [2.75, 3.05) is 13.7 Å². The van der Waals surface area contributed by atoms with E-state index in [1.807, 2.05) is 32.0 Å². The van der Waals surface area contributed by atoms with E-state index in [9.17, 15) is 4.79 Å². The van der Waals surface area contributed by atoms with E-state index in [1.165, 1.54) is 0 Å². The second-order valence-electron chi connectivity index (χ2n) is 4.18. The minimum absolute atomic E-state index is 0.471. The van der Waals surface area contributed by atoms with E-state index in [4.69, 9.17) is 15.2 Å². The van der Waals surface area contributed by atoms with Crippen molar-refractivity contribution in [3.05, 3.63) is 23.8 Å². The van der Waals surface area contributed by atoms with Crippen molar-refractivity contribution in [1.82, 2.24) is 5.32 Å². The number of hydrogen-bond acceptors (Lipinski definition) is 4. The number of benzene rings is 1. The molecule has 1 amide bonds. The van der Waals surface area contributed by atoms with Gasteiger partial charge in [-0.15, -0.1) is 0 Å². The van der Waals surface area contributed by atoms with E-state index < -0.39 is 12.0 Å². The maximum atomic E-state index is 11.2. The standard InChI is InChI=1S/C14H22N2O3/c1-4-11(14(15)17)19-13-8-10(9-16-5-2)6-7-12(13)18-3/h6-8,11,16H,4-5,9H2,1-3H3,(H2,15,17). The SMILES string of the molecule is CCNCc1ccc(OC)c(OC(CC)C(N)=O)c1. The van der Waals surface area contributed by atoms with Gasteiger partial charge in [-0.3, -0.25) is 4.79 Å². The second kappa shape index (κ2) is 7.63. The van der Waals surface area contributed by atoms with Crippen LogP contribution in [0.15, 0.2) is 18.2 Å². The summed E-state index contributed by atoms with van der Waals surface area (Å²) in [7, 11) is 1.57. The number of nitrogens with two attached hydrogens (primary N) is 1. The summed E-state index contributed by atoms with van der Waals surface area (Å²) < 4.78 is 10.9. The van der Waals surface area contributed by atoms with Crippen LogP contribution < -0.4 is 20.5 Å². The lowest BCUT2D eigenvalue weighted by atomic mass is 10.2. The Bertz CT molecular complexity index is 421. The summed E-state index contributed by atoms with van der Waals surface area (Å²) in [6.45, 7) is 5.52. The van der Waals surface area contributed by atoms with E-state index in [2.05, 4.69) is 5.32 Å². The molecule has 0 aliphatic heterocycles. The average Bonchev–Trinajstić information content (AvgIpc) is 2.42. The van der Waals surface area contributed by atoms with Gasteiger partial charge in [0.1, 0.15) is 0 Å². The molecule has 0 saturated heterocycles. The van der Waals surface area contributed by atoms with E-state index in [-0.39, 0.29) is 0 Å². The molecule has 0 aromatic heterocycles. The van der Waals surface area contributed by atoms with Gasteiger partial charge < -0.3 is 20.5 Å². The zero-order chi connectivity index (χ0) is 14.3. The van der Waals surface area contributed by atoms with Crippen LogP contribution in [-0.2, 0) is 11.3 Å². The van der Waals surface area contributed by atoms with Crippen LogP contribution in [0.2, 0.25) is 0 Å². The van der Waals surface area contributed by atoms with Crippen molar-refractivity contribution in [3.63, 3.8) is 0 Å². The molecule has 3 N–H and O–H groups in total. The Morgan fingerprint density at radius 1 is 1.37 bits per heavy atom. The molecule has 5 nitrogen and oxygen atoms in total. The van der Waals surface area contributed by atoms with Crippen molar-refractivity contribution >= 4 is 5.91 Å². The van der Waals surface area contributed by atoms with Gasteiger partial charge in [0.25, 0.3) is 5.91 Å². The van der Waals surface area contributed by atoms with Gasteiger partial charge in [-0.1, -0.05) is 19.9 Å². The normalized spacial score (nSPS) is 11.9. The van der Waals surface area contributed by atoms with E-state index >= 15 is 0 Å². The number of nitrogens with one attached hydrogen (secondary N) is 1. The van der Waals surface area contributed by atoms with E-state index in [0.717, 1.165) is 18.7 Å². The molecule has 1 aromatic carbocycles. The highest BCUT2D eigenvalue weighted by Crippen LogP contribution is 2.29. The summed E-state index contributed by atoms with van der Waals surface area (Å²) >= 11 is 0. The summed E-state index contributed by atoms with van der Waals surface area (Å²) in [5.41, 5.74) is 6.35. The van der Waals surface area contributed by atoms with Gasteiger partial charge in [-0.2, -0.15) is 0 Å². The van der Waals surface area contributed by atoms with Gasteiger partial charge in [0.05, 0.1) is 7.11 Å². The Morgan fingerprint density at radius 2 is 2.11 bits per heavy atom.